The molecule has 0 heterocycles. The van der Waals surface area contributed by atoms with Crippen LogP contribution in [-0.4, -0.2) is 13.1 Å². The van der Waals surface area contributed by atoms with Crippen LogP contribution >= 0.6 is 0 Å². The zero-order valence-electron chi connectivity index (χ0n) is 9.76. The predicted octanol–water partition coefficient (Wildman–Crippen LogP) is 3.62. The van der Waals surface area contributed by atoms with E-state index in [9.17, 15) is 18.0 Å². The number of esters is 1. The first-order valence-corrected chi connectivity index (χ1v) is 5.06. The van der Waals surface area contributed by atoms with Crippen molar-refractivity contribution in [2.45, 2.75) is 25.9 Å². The number of alkyl halides is 3. The van der Waals surface area contributed by atoms with Crippen LogP contribution in [-0.2, 0) is 10.9 Å². The highest BCUT2D eigenvalue weighted by atomic mass is 19.4. The fourth-order valence-corrected chi connectivity index (χ4v) is 1.44. The summed E-state index contributed by atoms with van der Waals surface area (Å²) in [4.78, 5) is 11.2. The Morgan fingerprint density at radius 1 is 1.29 bits per heavy atom. The molecule has 0 amide bonds. The van der Waals surface area contributed by atoms with E-state index in [4.69, 9.17) is 0 Å². The van der Waals surface area contributed by atoms with Gasteiger partial charge in [0.2, 0.25) is 0 Å². The maximum atomic E-state index is 12.8. The van der Waals surface area contributed by atoms with Crippen molar-refractivity contribution >= 4 is 5.97 Å². The molecule has 0 aliphatic rings. The lowest BCUT2D eigenvalue weighted by Crippen LogP contribution is -2.15. The zero-order chi connectivity index (χ0) is 13.2. The predicted molar refractivity (Wildman–Crippen MR) is 56.9 cm³/mol. The van der Waals surface area contributed by atoms with Gasteiger partial charge >= 0.3 is 12.1 Å². The number of benzene rings is 1. The van der Waals surface area contributed by atoms with Crippen LogP contribution in [0.4, 0.5) is 13.2 Å². The Morgan fingerprint density at radius 2 is 1.88 bits per heavy atom. The van der Waals surface area contributed by atoms with Crippen molar-refractivity contribution in [1.82, 2.24) is 0 Å². The normalized spacial score (nSPS) is 11.7. The Hall–Kier alpha value is -1.52. The van der Waals surface area contributed by atoms with Gasteiger partial charge in [0.1, 0.15) is 0 Å². The van der Waals surface area contributed by atoms with E-state index in [1.54, 1.807) is 13.8 Å². The molecule has 0 aliphatic heterocycles. The van der Waals surface area contributed by atoms with Crippen molar-refractivity contribution in [2.24, 2.45) is 0 Å². The first kappa shape index (κ1) is 13.5. The summed E-state index contributed by atoms with van der Waals surface area (Å²) in [7, 11) is 1.05. The first-order valence-electron chi connectivity index (χ1n) is 5.06. The molecular formula is C12H13F3O2. The lowest BCUT2D eigenvalue weighted by atomic mass is 9.97. The van der Waals surface area contributed by atoms with Gasteiger partial charge in [-0.25, -0.2) is 4.79 Å². The molecule has 0 unspecified atom stereocenters. The molecule has 0 radical (unpaired) electrons. The number of methoxy groups -OCH3 is 1. The Morgan fingerprint density at radius 3 is 2.29 bits per heavy atom. The summed E-state index contributed by atoms with van der Waals surface area (Å²) in [5.74, 6) is -1.02. The highest BCUT2D eigenvalue weighted by molar-refractivity contribution is 5.91. The quantitative estimate of drug-likeness (QED) is 0.745. The third-order valence-electron chi connectivity index (χ3n) is 2.42. The smallest absolute Gasteiger partial charge is 0.417 e. The summed E-state index contributed by atoms with van der Waals surface area (Å²) in [5, 5.41) is 0. The van der Waals surface area contributed by atoms with E-state index in [2.05, 4.69) is 4.74 Å². The van der Waals surface area contributed by atoms with Gasteiger partial charge in [-0.1, -0.05) is 19.9 Å². The molecule has 94 valence electrons. The monoisotopic (exact) mass is 246 g/mol. The van der Waals surface area contributed by atoms with Gasteiger partial charge in [0, 0.05) is 0 Å². The van der Waals surface area contributed by atoms with Crippen LogP contribution in [0.3, 0.4) is 0 Å². The summed E-state index contributed by atoms with van der Waals surface area (Å²) >= 11 is 0. The van der Waals surface area contributed by atoms with Crippen LogP contribution in [0.2, 0.25) is 0 Å². The number of carbonyl (C=O) groups is 1. The van der Waals surface area contributed by atoms with Gasteiger partial charge in [-0.2, -0.15) is 13.2 Å². The minimum absolute atomic E-state index is 0.0391. The fourth-order valence-electron chi connectivity index (χ4n) is 1.44. The molecule has 0 saturated carbocycles. The standard InChI is InChI=1S/C12H13F3O2/c1-7(2)8-4-5-9(11(16)17-3)10(6-8)12(13,14)15/h4-7H,1-3H3. The van der Waals surface area contributed by atoms with E-state index in [-0.39, 0.29) is 5.92 Å². The molecule has 2 nitrogen and oxygen atoms in total. The summed E-state index contributed by atoms with van der Waals surface area (Å²) < 4.78 is 42.7. The molecule has 1 aromatic carbocycles. The summed E-state index contributed by atoms with van der Waals surface area (Å²) in [6.07, 6.45) is -4.56. The fraction of sp³-hybridized carbons (Fsp3) is 0.417. The lowest BCUT2D eigenvalue weighted by Gasteiger charge is -2.14. The van der Waals surface area contributed by atoms with E-state index >= 15 is 0 Å². The molecule has 0 fully saturated rings. The van der Waals surface area contributed by atoms with E-state index in [1.165, 1.54) is 6.07 Å². The first-order chi connectivity index (χ1) is 7.77. The Labute approximate surface area is 97.4 Å². The molecule has 0 N–H and O–H groups in total. The van der Waals surface area contributed by atoms with Crippen LogP contribution in [0.1, 0.15) is 41.3 Å². The average Bonchev–Trinajstić information content (AvgIpc) is 2.26. The number of rotatable bonds is 2. The van der Waals surface area contributed by atoms with Crippen molar-refractivity contribution < 1.29 is 22.7 Å². The minimum atomic E-state index is -4.56. The highest BCUT2D eigenvalue weighted by Crippen LogP contribution is 2.34. The van der Waals surface area contributed by atoms with E-state index < -0.39 is 23.3 Å². The SMILES string of the molecule is COC(=O)c1ccc(C(C)C)cc1C(F)(F)F. The van der Waals surface area contributed by atoms with Gasteiger partial charge < -0.3 is 4.74 Å². The van der Waals surface area contributed by atoms with E-state index in [0.717, 1.165) is 19.2 Å². The third-order valence-corrected chi connectivity index (χ3v) is 2.42. The minimum Gasteiger partial charge on any atom is -0.465 e. The van der Waals surface area contributed by atoms with Gasteiger partial charge in [-0.05, 0) is 23.6 Å². The van der Waals surface area contributed by atoms with E-state index in [0.29, 0.717) is 5.56 Å². The molecule has 0 saturated heterocycles. The van der Waals surface area contributed by atoms with Gasteiger partial charge in [0.05, 0.1) is 18.2 Å². The van der Waals surface area contributed by atoms with Crippen molar-refractivity contribution in [3.05, 3.63) is 34.9 Å². The number of halogens is 3. The summed E-state index contributed by atoms with van der Waals surface area (Å²) in [6.45, 7) is 3.57. The number of carbonyl (C=O) groups excluding carboxylic acids is 1. The van der Waals surface area contributed by atoms with Crippen LogP contribution < -0.4 is 0 Å². The third kappa shape index (κ3) is 2.99. The molecule has 0 aliphatic carbocycles. The second-order valence-corrected chi connectivity index (χ2v) is 3.95. The van der Waals surface area contributed by atoms with Gasteiger partial charge in [-0.3, -0.25) is 0 Å². The number of ether oxygens (including phenoxy) is 1. The average molecular weight is 246 g/mol. The second kappa shape index (κ2) is 4.77. The Bertz CT molecular complexity index is 422. The molecule has 1 rings (SSSR count). The van der Waals surface area contributed by atoms with Crippen LogP contribution in [0.5, 0.6) is 0 Å². The number of hydrogen-bond donors (Lipinski definition) is 0. The molecule has 0 aromatic heterocycles. The van der Waals surface area contributed by atoms with Crippen molar-refractivity contribution in [3.63, 3.8) is 0 Å². The molecular weight excluding hydrogens is 233 g/mol. The molecule has 0 bridgehead atoms. The van der Waals surface area contributed by atoms with Gasteiger partial charge in [0.25, 0.3) is 0 Å². The molecule has 17 heavy (non-hydrogen) atoms. The Balaban J connectivity index is 3.37. The van der Waals surface area contributed by atoms with E-state index in [1.807, 2.05) is 0 Å². The van der Waals surface area contributed by atoms with Crippen LogP contribution in [0, 0.1) is 0 Å². The maximum absolute atomic E-state index is 12.8. The van der Waals surface area contributed by atoms with Crippen molar-refractivity contribution in [3.8, 4) is 0 Å². The molecule has 0 atom stereocenters. The second-order valence-electron chi connectivity index (χ2n) is 3.95. The lowest BCUT2D eigenvalue weighted by molar-refractivity contribution is -0.138. The zero-order valence-corrected chi connectivity index (χ0v) is 9.76. The Kier molecular flexibility index (Phi) is 3.80. The largest absolute Gasteiger partial charge is 0.465 e. The van der Waals surface area contributed by atoms with Crippen molar-refractivity contribution in [2.75, 3.05) is 7.11 Å². The number of hydrogen-bond acceptors (Lipinski definition) is 2. The maximum Gasteiger partial charge on any atom is 0.417 e. The molecule has 1 aromatic rings. The molecule has 5 heteroatoms. The van der Waals surface area contributed by atoms with Crippen LogP contribution in [0.25, 0.3) is 0 Å². The van der Waals surface area contributed by atoms with Crippen LogP contribution in [0.15, 0.2) is 18.2 Å². The highest BCUT2D eigenvalue weighted by Gasteiger charge is 2.35. The molecule has 0 spiro atoms. The topological polar surface area (TPSA) is 26.3 Å². The van der Waals surface area contributed by atoms with Gasteiger partial charge in [-0.15, -0.1) is 0 Å². The van der Waals surface area contributed by atoms with Crippen molar-refractivity contribution in [1.29, 1.82) is 0 Å². The summed E-state index contributed by atoms with van der Waals surface area (Å²) in [5.41, 5.74) is -0.870. The van der Waals surface area contributed by atoms with Gasteiger partial charge in [0.15, 0.2) is 0 Å². The summed E-state index contributed by atoms with van der Waals surface area (Å²) in [6, 6.07) is 3.66.